The summed E-state index contributed by atoms with van der Waals surface area (Å²) in [5, 5.41) is 0.497. The van der Waals surface area contributed by atoms with Gasteiger partial charge in [-0.1, -0.05) is 0 Å². The van der Waals surface area contributed by atoms with Crippen LogP contribution in [0.1, 0.15) is 0 Å². The maximum atomic E-state index is 10.9. The summed E-state index contributed by atoms with van der Waals surface area (Å²) in [6, 6.07) is 0. The monoisotopic (exact) mass is 285 g/mol. The zero-order valence-electron chi connectivity index (χ0n) is 7.60. The van der Waals surface area contributed by atoms with E-state index in [-0.39, 0.29) is 18.3 Å². The molecule has 0 N–H and O–H groups in total. The third kappa shape index (κ3) is 9.01. The number of hydrogen-bond acceptors (Lipinski definition) is 6. The van der Waals surface area contributed by atoms with Crippen molar-refractivity contribution in [1.82, 2.24) is 0 Å². The molecule has 0 aromatic carbocycles. The van der Waals surface area contributed by atoms with Crippen LogP contribution in [0.4, 0.5) is 0 Å². The molecular weight excluding hydrogens is 271 g/mol. The second-order valence-electron chi connectivity index (χ2n) is 2.12. The Kier molecular flexibility index (Phi) is 10.3. The Balaban J connectivity index is 3.14. The van der Waals surface area contributed by atoms with Gasteiger partial charge >= 0.3 is 98.6 Å². The molecule has 7 heteroatoms. The fourth-order valence-electron chi connectivity index (χ4n) is 0.539. The van der Waals surface area contributed by atoms with Crippen LogP contribution in [-0.4, -0.2) is 36.2 Å². The van der Waals surface area contributed by atoms with E-state index in [1.807, 2.05) is 0 Å². The molecule has 0 spiro atoms. The van der Waals surface area contributed by atoms with Crippen molar-refractivity contribution in [2.24, 2.45) is 0 Å². The van der Waals surface area contributed by atoms with E-state index in [4.69, 9.17) is 9.47 Å². The molecule has 0 aromatic rings. The minimum absolute atomic E-state index is 0.0748. The van der Waals surface area contributed by atoms with Crippen molar-refractivity contribution in [3.63, 3.8) is 0 Å². The Morgan fingerprint density at radius 2 is 1.93 bits per heavy atom. The summed E-state index contributed by atoms with van der Waals surface area (Å²) in [5.74, 6) is -0.288. The molecule has 0 fully saturated rings. The molecule has 0 amide bonds. The summed E-state index contributed by atoms with van der Waals surface area (Å²) in [6.07, 6.45) is 0. The molecule has 0 aromatic heterocycles. The fourth-order valence-corrected chi connectivity index (χ4v) is 1.62. The van der Waals surface area contributed by atoms with Crippen molar-refractivity contribution < 1.29 is 31.7 Å². The SMILES string of the molecule is O=C(CS)OCCOC[CH2][Co](=[O])[CH2]S. The van der Waals surface area contributed by atoms with E-state index in [2.05, 4.69) is 25.3 Å². The van der Waals surface area contributed by atoms with Gasteiger partial charge in [0.15, 0.2) is 0 Å². The van der Waals surface area contributed by atoms with Crippen LogP contribution in [-0.2, 0) is 31.7 Å². The molecule has 87 valence electrons. The minimum atomic E-state index is -1.23. The first-order valence-corrected chi connectivity index (χ1v) is 7.03. The summed E-state index contributed by atoms with van der Waals surface area (Å²) >= 11 is 6.39. The van der Waals surface area contributed by atoms with E-state index < -0.39 is 13.6 Å². The van der Waals surface area contributed by atoms with Gasteiger partial charge in [0.1, 0.15) is 0 Å². The van der Waals surface area contributed by atoms with E-state index >= 15 is 0 Å². The Morgan fingerprint density at radius 1 is 1.21 bits per heavy atom. The summed E-state index contributed by atoms with van der Waals surface area (Å²) in [6.45, 7) is 0.957. The van der Waals surface area contributed by atoms with Gasteiger partial charge in [-0.2, -0.15) is 0 Å². The molecule has 0 bridgehead atoms. The molecule has 0 heterocycles. The van der Waals surface area contributed by atoms with Crippen molar-refractivity contribution in [2.75, 3.05) is 30.3 Å². The van der Waals surface area contributed by atoms with Crippen molar-refractivity contribution in [3.05, 3.63) is 0 Å². The number of thiol groups is 2. The van der Waals surface area contributed by atoms with E-state index in [0.29, 0.717) is 23.3 Å². The van der Waals surface area contributed by atoms with Crippen LogP contribution >= 0.6 is 25.3 Å². The van der Waals surface area contributed by atoms with Crippen LogP contribution < -0.4 is 0 Å². The van der Waals surface area contributed by atoms with Gasteiger partial charge < -0.3 is 0 Å². The summed E-state index contributed by atoms with van der Waals surface area (Å²) in [7, 11) is 0. The first kappa shape index (κ1) is 14.4. The van der Waals surface area contributed by atoms with Gasteiger partial charge in [0.05, 0.1) is 0 Å². The van der Waals surface area contributed by atoms with E-state index in [9.17, 15) is 8.66 Å². The van der Waals surface area contributed by atoms with Crippen molar-refractivity contribution in [1.29, 1.82) is 0 Å². The Hall–Kier alpha value is 0.436. The summed E-state index contributed by atoms with van der Waals surface area (Å²) in [4.78, 5) is 10.6. The number of ether oxygens (including phenoxy) is 2. The number of esters is 1. The molecule has 0 saturated carbocycles. The summed E-state index contributed by atoms with van der Waals surface area (Å²) < 4.78 is 21.0. The van der Waals surface area contributed by atoms with Crippen molar-refractivity contribution >= 4 is 31.2 Å². The van der Waals surface area contributed by atoms with Crippen molar-refractivity contribution in [3.8, 4) is 0 Å². The van der Waals surface area contributed by atoms with Crippen LogP contribution in [0.5, 0.6) is 0 Å². The predicted octanol–water partition coefficient (Wildman–Crippen LogP) is 0.745. The van der Waals surface area contributed by atoms with Gasteiger partial charge in [0.2, 0.25) is 0 Å². The van der Waals surface area contributed by atoms with E-state index in [0.717, 1.165) is 0 Å². The predicted molar refractivity (Wildman–Crippen MR) is 55.0 cm³/mol. The molecule has 0 saturated heterocycles. The molecule has 0 aliphatic heterocycles. The van der Waals surface area contributed by atoms with Crippen LogP contribution in [0.15, 0.2) is 0 Å². The first-order valence-electron chi connectivity index (χ1n) is 3.87. The number of carbonyl (C=O) groups excluding carboxylic acids is 1. The molecular formula is C7H14CoO4S2. The van der Waals surface area contributed by atoms with Gasteiger partial charge in [0.25, 0.3) is 0 Å². The van der Waals surface area contributed by atoms with E-state index in [1.165, 1.54) is 0 Å². The Morgan fingerprint density at radius 3 is 2.50 bits per heavy atom. The average Bonchev–Trinajstić information content (AvgIpc) is 2.22. The van der Waals surface area contributed by atoms with Crippen LogP contribution in [0.2, 0.25) is 5.36 Å². The zero-order valence-corrected chi connectivity index (χ0v) is 10.4. The third-order valence-corrected chi connectivity index (χ3v) is 3.52. The second-order valence-corrected chi connectivity index (χ2v) is 5.28. The Bertz CT molecular complexity index is 169. The molecule has 0 aliphatic carbocycles. The van der Waals surface area contributed by atoms with Crippen LogP contribution in [0.3, 0.4) is 0 Å². The molecule has 14 heavy (non-hydrogen) atoms. The second kappa shape index (κ2) is 9.97. The maximum absolute atomic E-state index is 10.9. The zero-order chi connectivity index (χ0) is 10.8. The number of rotatable bonds is 8. The summed E-state index contributed by atoms with van der Waals surface area (Å²) in [5.41, 5.74) is 0. The molecule has 0 atom stereocenters. The van der Waals surface area contributed by atoms with Gasteiger partial charge in [-0.3, -0.25) is 0 Å². The van der Waals surface area contributed by atoms with Gasteiger partial charge in [-0.15, -0.1) is 0 Å². The van der Waals surface area contributed by atoms with E-state index in [1.54, 1.807) is 0 Å². The van der Waals surface area contributed by atoms with Gasteiger partial charge in [0, 0.05) is 0 Å². The molecule has 0 radical (unpaired) electrons. The van der Waals surface area contributed by atoms with Gasteiger partial charge in [-0.05, 0) is 0 Å². The third-order valence-electron chi connectivity index (χ3n) is 1.14. The Labute approximate surface area is 98.5 Å². The van der Waals surface area contributed by atoms with Crippen LogP contribution in [0.25, 0.3) is 0 Å². The topological polar surface area (TPSA) is 52.6 Å². The molecule has 0 aliphatic rings. The number of hydrogen-bond donors (Lipinski definition) is 2. The number of carbonyl (C=O) groups is 1. The quantitative estimate of drug-likeness (QED) is 0.392. The standard InChI is InChI=1S/C6H11O3S.CH3S.Co.O/c1-2-8-3-4-9-6(7)5-10;1-2;;/h10H,1-5H2;2H,1H2;;. The average molecular weight is 285 g/mol. The molecule has 4 nitrogen and oxygen atoms in total. The first-order chi connectivity index (χ1) is 6.70. The molecule has 0 rings (SSSR count). The fraction of sp³-hybridized carbons (Fsp3) is 0.857. The normalized spacial score (nSPS) is 11.1. The van der Waals surface area contributed by atoms with Crippen LogP contribution in [0, 0.1) is 0 Å². The van der Waals surface area contributed by atoms with Crippen molar-refractivity contribution in [2.45, 2.75) is 5.36 Å². The molecule has 0 unspecified atom stereocenters. The van der Waals surface area contributed by atoms with Gasteiger partial charge in [-0.25, -0.2) is 0 Å².